The highest BCUT2D eigenvalue weighted by Gasteiger charge is 2.23. The van der Waals surface area contributed by atoms with Crippen molar-refractivity contribution in [2.24, 2.45) is 0 Å². The van der Waals surface area contributed by atoms with E-state index in [1.807, 2.05) is 12.1 Å². The van der Waals surface area contributed by atoms with Crippen molar-refractivity contribution in [1.29, 1.82) is 0 Å². The topological polar surface area (TPSA) is 32.6 Å². The Balaban J connectivity index is 1.74. The van der Waals surface area contributed by atoms with Gasteiger partial charge in [-0.3, -0.25) is 0 Å². The molecule has 112 valence electrons. The average Bonchev–Trinajstić information content (AvgIpc) is 3.17. The van der Waals surface area contributed by atoms with Crippen LogP contribution in [0.25, 0.3) is 22.4 Å². The van der Waals surface area contributed by atoms with Crippen molar-refractivity contribution in [3.8, 4) is 11.4 Å². The van der Waals surface area contributed by atoms with Gasteiger partial charge in [-0.1, -0.05) is 23.2 Å². The average molecular weight is 333 g/mol. The van der Waals surface area contributed by atoms with Gasteiger partial charge in [-0.15, -0.1) is 0 Å². The summed E-state index contributed by atoms with van der Waals surface area (Å²) in [4.78, 5) is 8.04. The summed E-state index contributed by atoms with van der Waals surface area (Å²) in [5.74, 6) is 0.817. The van der Waals surface area contributed by atoms with Crippen LogP contribution in [0.2, 0.25) is 10.0 Å². The van der Waals surface area contributed by atoms with Gasteiger partial charge >= 0.3 is 0 Å². The van der Waals surface area contributed by atoms with Gasteiger partial charge < -0.3 is 4.98 Å². The lowest BCUT2D eigenvalue weighted by Crippen LogP contribution is -2.36. The lowest BCUT2D eigenvalue weighted by Gasteiger charge is -2.02. The van der Waals surface area contributed by atoms with Crippen LogP contribution in [0, 0.1) is 0 Å². The summed E-state index contributed by atoms with van der Waals surface area (Å²) >= 11 is 12.1. The number of rotatable bonds is 2. The molecule has 1 N–H and O–H groups in total. The molecule has 0 radical (unpaired) electrons. The molecule has 1 aliphatic rings. The van der Waals surface area contributed by atoms with Crippen LogP contribution in [0.15, 0.2) is 36.7 Å². The van der Waals surface area contributed by atoms with E-state index < -0.39 is 0 Å². The number of halogens is 2. The number of imidazole rings is 1. The predicted octanol–water partition coefficient (Wildman–Crippen LogP) is 4.94. The summed E-state index contributed by atoms with van der Waals surface area (Å²) in [6.45, 7) is 0. The summed E-state index contributed by atoms with van der Waals surface area (Å²) in [7, 11) is 0. The summed E-state index contributed by atoms with van der Waals surface area (Å²) in [5.41, 5.74) is 2.96. The third-order valence-electron chi connectivity index (χ3n) is 4.38. The molecule has 0 bridgehead atoms. The number of hydrogen-bond donors (Lipinski definition) is 1. The Bertz CT molecular complexity index is 835. The highest BCUT2D eigenvalue weighted by Crippen LogP contribution is 2.29. The molecule has 0 spiro atoms. The van der Waals surface area contributed by atoms with Crippen molar-refractivity contribution in [2.45, 2.75) is 31.7 Å². The van der Waals surface area contributed by atoms with Crippen LogP contribution < -0.4 is 4.57 Å². The molecule has 0 aliphatic heterocycles. The Kier molecular flexibility index (Phi) is 3.55. The van der Waals surface area contributed by atoms with Gasteiger partial charge in [-0.05, 0) is 31.0 Å². The van der Waals surface area contributed by atoms with Crippen LogP contribution in [-0.4, -0.2) is 9.97 Å². The van der Waals surface area contributed by atoms with Gasteiger partial charge in [-0.25, -0.2) is 9.55 Å². The monoisotopic (exact) mass is 332 g/mol. The molecule has 0 unspecified atom stereocenters. The summed E-state index contributed by atoms with van der Waals surface area (Å²) in [6, 6.07) is 8.26. The van der Waals surface area contributed by atoms with Crippen molar-refractivity contribution < 1.29 is 4.57 Å². The highest BCUT2D eigenvalue weighted by molar-refractivity contribution is 6.42. The summed E-state index contributed by atoms with van der Waals surface area (Å²) in [6.07, 6.45) is 9.49. The van der Waals surface area contributed by atoms with Gasteiger partial charge in [0.2, 0.25) is 0 Å². The Morgan fingerprint density at radius 2 is 1.91 bits per heavy atom. The number of H-pyrrole nitrogens is 1. The van der Waals surface area contributed by atoms with Gasteiger partial charge in [0.05, 0.1) is 10.0 Å². The first-order chi connectivity index (χ1) is 10.7. The predicted molar refractivity (Wildman–Crippen MR) is 89.2 cm³/mol. The van der Waals surface area contributed by atoms with E-state index in [-0.39, 0.29) is 0 Å². The van der Waals surface area contributed by atoms with E-state index >= 15 is 0 Å². The largest absolute Gasteiger partial charge is 0.333 e. The highest BCUT2D eigenvalue weighted by atomic mass is 35.5. The van der Waals surface area contributed by atoms with Crippen LogP contribution in [-0.2, 0) is 0 Å². The number of aromatic amines is 1. The minimum Gasteiger partial charge on any atom is -0.333 e. The normalized spacial score (nSPS) is 15.7. The second-order valence-corrected chi connectivity index (χ2v) is 6.66. The molecule has 2 heterocycles. The first kappa shape index (κ1) is 14.0. The lowest BCUT2D eigenvalue weighted by molar-refractivity contribution is -0.720. The number of nitrogens with one attached hydrogen (secondary N) is 1. The minimum absolute atomic E-state index is 0.542. The Morgan fingerprint density at radius 1 is 1.09 bits per heavy atom. The molecule has 2 aromatic heterocycles. The van der Waals surface area contributed by atoms with Gasteiger partial charge in [0.1, 0.15) is 16.9 Å². The Labute approximate surface area is 138 Å². The lowest BCUT2D eigenvalue weighted by atomic mass is 10.2. The maximum atomic E-state index is 6.10. The second kappa shape index (κ2) is 5.56. The Hall–Kier alpha value is -1.58. The minimum atomic E-state index is 0.542. The standard InChI is InChI=1S/C17H15Cl2N3/c18-13-6-5-11(9-14(13)19)17-20-15-7-8-22(10-16(15)21-17)12-3-1-2-4-12/h5-10,12H,1-4H2/p+1. The molecule has 4 rings (SSSR count). The van der Waals surface area contributed by atoms with E-state index in [1.54, 1.807) is 6.07 Å². The number of benzene rings is 1. The van der Waals surface area contributed by atoms with Crippen LogP contribution >= 0.6 is 23.2 Å². The van der Waals surface area contributed by atoms with Crippen molar-refractivity contribution in [3.05, 3.63) is 46.7 Å². The number of nitrogens with zero attached hydrogens (tertiary/aromatic N) is 2. The molecule has 1 fully saturated rings. The van der Waals surface area contributed by atoms with Crippen LogP contribution in [0.5, 0.6) is 0 Å². The van der Waals surface area contributed by atoms with E-state index in [0.717, 1.165) is 22.4 Å². The summed E-state index contributed by atoms with van der Waals surface area (Å²) < 4.78 is 2.31. The molecule has 3 nitrogen and oxygen atoms in total. The summed E-state index contributed by atoms with van der Waals surface area (Å²) in [5, 5.41) is 1.10. The zero-order valence-electron chi connectivity index (χ0n) is 12.0. The first-order valence-corrected chi connectivity index (χ1v) is 8.32. The second-order valence-electron chi connectivity index (χ2n) is 5.84. The van der Waals surface area contributed by atoms with Crippen LogP contribution in [0.1, 0.15) is 31.7 Å². The van der Waals surface area contributed by atoms with Crippen molar-refractivity contribution in [3.63, 3.8) is 0 Å². The third kappa shape index (κ3) is 2.49. The zero-order chi connectivity index (χ0) is 15.1. The number of fused-ring (bicyclic) bond motifs is 1. The molecule has 22 heavy (non-hydrogen) atoms. The van der Waals surface area contributed by atoms with E-state index in [1.165, 1.54) is 25.7 Å². The molecule has 0 amide bonds. The van der Waals surface area contributed by atoms with Crippen LogP contribution in [0.3, 0.4) is 0 Å². The Morgan fingerprint density at radius 3 is 2.68 bits per heavy atom. The zero-order valence-corrected chi connectivity index (χ0v) is 13.5. The maximum Gasteiger partial charge on any atom is 0.194 e. The fraction of sp³-hybridized carbons (Fsp3) is 0.294. The molecule has 0 saturated heterocycles. The van der Waals surface area contributed by atoms with Crippen molar-refractivity contribution in [2.75, 3.05) is 0 Å². The SMILES string of the molecule is Clc1ccc(-c2nc3cc[n+](C4CCCC4)cc3[nH]2)cc1Cl. The molecule has 1 saturated carbocycles. The van der Waals surface area contributed by atoms with Crippen molar-refractivity contribution >= 4 is 34.2 Å². The number of pyridine rings is 1. The third-order valence-corrected chi connectivity index (χ3v) is 5.12. The molecule has 1 aliphatic carbocycles. The quantitative estimate of drug-likeness (QED) is 0.662. The molecular weight excluding hydrogens is 317 g/mol. The fourth-order valence-electron chi connectivity index (χ4n) is 3.18. The number of hydrogen-bond acceptors (Lipinski definition) is 1. The molecule has 5 heteroatoms. The van der Waals surface area contributed by atoms with E-state index in [4.69, 9.17) is 23.2 Å². The smallest absolute Gasteiger partial charge is 0.194 e. The van der Waals surface area contributed by atoms with Gasteiger partial charge in [0.15, 0.2) is 18.4 Å². The molecular formula is C17H16Cl2N3+. The van der Waals surface area contributed by atoms with E-state index in [2.05, 4.69) is 33.0 Å². The molecule has 1 aromatic carbocycles. The molecule has 3 aromatic rings. The first-order valence-electron chi connectivity index (χ1n) is 7.56. The van der Waals surface area contributed by atoms with Crippen LogP contribution in [0.4, 0.5) is 0 Å². The van der Waals surface area contributed by atoms with Gasteiger partial charge in [0, 0.05) is 24.5 Å². The maximum absolute atomic E-state index is 6.10. The molecule has 0 atom stereocenters. The van der Waals surface area contributed by atoms with Gasteiger partial charge in [-0.2, -0.15) is 0 Å². The fourth-order valence-corrected chi connectivity index (χ4v) is 3.48. The van der Waals surface area contributed by atoms with Crippen molar-refractivity contribution in [1.82, 2.24) is 9.97 Å². The number of aromatic nitrogens is 3. The van der Waals surface area contributed by atoms with E-state index in [9.17, 15) is 0 Å². The van der Waals surface area contributed by atoms with E-state index in [0.29, 0.717) is 16.1 Å². The van der Waals surface area contributed by atoms with Gasteiger partial charge in [0.25, 0.3) is 0 Å².